The molecule has 0 aliphatic heterocycles. The van der Waals surface area contributed by atoms with Crippen LogP contribution in [0.25, 0.3) is 0 Å². The van der Waals surface area contributed by atoms with Gasteiger partial charge >= 0.3 is 12.2 Å². The molecule has 4 nitrogen and oxygen atoms in total. The molecule has 29 heavy (non-hydrogen) atoms. The molecule has 0 radical (unpaired) electrons. The molecule has 0 saturated heterocycles. The van der Waals surface area contributed by atoms with Gasteiger partial charge in [-0.05, 0) is 37.0 Å². The van der Waals surface area contributed by atoms with Crippen LogP contribution in [-0.4, -0.2) is 23.6 Å². The van der Waals surface area contributed by atoms with E-state index in [2.05, 4.69) is 16.9 Å². The number of alkyl halides is 3. The molecule has 0 N–H and O–H groups in total. The molecular weight excluding hydrogens is 379 g/mol. The number of nitrogens with zero attached hydrogens (tertiary/aromatic N) is 3. The van der Waals surface area contributed by atoms with E-state index in [1.165, 1.54) is 17.7 Å². The molecule has 1 aromatic heterocycles. The Morgan fingerprint density at radius 2 is 1.79 bits per heavy atom. The van der Waals surface area contributed by atoms with Crippen molar-refractivity contribution in [3.05, 3.63) is 41.6 Å². The highest BCUT2D eigenvalue weighted by atomic mass is 19.4. The van der Waals surface area contributed by atoms with E-state index in [4.69, 9.17) is 4.74 Å². The molecule has 160 valence electrons. The molecule has 0 aliphatic carbocycles. The minimum atomic E-state index is -4.55. The van der Waals surface area contributed by atoms with Gasteiger partial charge in [0.2, 0.25) is 0 Å². The van der Waals surface area contributed by atoms with Crippen molar-refractivity contribution < 1.29 is 17.9 Å². The van der Waals surface area contributed by atoms with E-state index < -0.39 is 11.7 Å². The van der Waals surface area contributed by atoms with Gasteiger partial charge < -0.3 is 9.64 Å². The minimum absolute atomic E-state index is 0.0379. The highest BCUT2D eigenvalue weighted by molar-refractivity contribution is 5.63. The molecule has 0 aliphatic rings. The molecule has 0 spiro atoms. The third-order valence-corrected chi connectivity index (χ3v) is 4.72. The average Bonchev–Trinajstić information content (AvgIpc) is 2.70. The summed E-state index contributed by atoms with van der Waals surface area (Å²) in [5.41, 5.74) is 0.880. The first-order chi connectivity index (χ1) is 13.9. The predicted molar refractivity (Wildman–Crippen MR) is 110 cm³/mol. The number of unbranched alkanes of at least 4 members (excludes halogenated alkanes) is 4. The van der Waals surface area contributed by atoms with E-state index in [9.17, 15) is 13.2 Å². The number of rotatable bonds is 11. The van der Waals surface area contributed by atoms with Gasteiger partial charge in [0.15, 0.2) is 5.82 Å². The van der Waals surface area contributed by atoms with Crippen LogP contribution in [0.4, 0.5) is 24.7 Å². The van der Waals surface area contributed by atoms with Crippen molar-refractivity contribution in [3.63, 3.8) is 0 Å². The van der Waals surface area contributed by atoms with Crippen LogP contribution in [0.15, 0.2) is 30.5 Å². The molecule has 1 heterocycles. The van der Waals surface area contributed by atoms with E-state index in [0.717, 1.165) is 43.9 Å². The molecule has 7 heteroatoms. The SMILES string of the molecule is CCCCCCc1cccc(N(C)c2nc(OCCCC)ncc2C(F)(F)F)c1. The molecule has 0 amide bonds. The largest absolute Gasteiger partial charge is 0.463 e. The average molecular weight is 409 g/mol. The van der Waals surface area contributed by atoms with Gasteiger partial charge in [0, 0.05) is 18.9 Å². The lowest BCUT2D eigenvalue weighted by Crippen LogP contribution is -2.19. The quantitative estimate of drug-likeness (QED) is 0.394. The number of aryl methyl sites for hydroxylation is 1. The van der Waals surface area contributed by atoms with Crippen LogP contribution in [0.2, 0.25) is 0 Å². The van der Waals surface area contributed by atoms with Gasteiger partial charge in [-0.1, -0.05) is 51.7 Å². The van der Waals surface area contributed by atoms with Gasteiger partial charge in [-0.2, -0.15) is 18.2 Å². The molecule has 0 atom stereocenters. The summed E-state index contributed by atoms with van der Waals surface area (Å²) in [5, 5.41) is 0. The highest BCUT2D eigenvalue weighted by Gasteiger charge is 2.36. The zero-order chi connectivity index (χ0) is 21.3. The monoisotopic (exact) mass is 409 g/mol. The Morgan fingerprint density at radius 1 is 1.03 bits per heavy atom. The van der Waals surface area contributed by atoms with Gasteiger partial charge in [0.1, 0.15) is 5.56 Å². The first kappa shape index (κ1) is 23.0. The minimum Gasteiger partial charge on any atom is -0.463 e. The number of benzene rings is 1. The number of hydrogen-bond acceptors (Lipinski definition) is 4. The molecule has 0 saturated carbocycles. The Hall–Kier alpha value is -2.31. The Morgan fingerprint density at radius 3 is 2.48 bits per heavy atom. The van der Waals surface area contributed by atoms with Crippen LogP contribution >= 0.6 is 0 Å². The maximum absolute atomic E-state index is 13.5. The summed E-state index contributed by atoms with van der Waals surface area (Å²) >= 11 is 0. The summed E-state index contributed by atoms with van der Waals surface area (Å²) in [6.07, 6.45) is 3.43. The maximum Gasteiger partial charge on any atom is 0.421 e. The van der Waals surface area contributed by atoms with E-state index >= 15 is 0 Å². The maximum atomic E-state index is 13.5. The fourth-order valence-electron chi connectivity index (χ4n) is 2.99. The third-order valence-electron chi connectivity index (χ3n) is 4.72. The smallest absolute Gasteiger partial charge is 0.421 e. The molecule has 0 fully saturated rings. The molecule has 0 unspecified atom stereocenters. The summed E-state index contributed by atoms with van der Waals surface area (Å²) in [5.74, 6) is -0.206. The second-order valence-corrected chi connectivity index (χ2v) is 7.13. The summed E-state index contributed by atoms with van der Waals surface area (Å²) in [7, 11) is 1.59. The fraction of sp³-hybridized carbons (Fsp3) is 0.545. The number of ether oxygens (including phenoxy) is 1. The Kier molecular flexibility index (Phi) is 8.73. The van der Waals surface area contributed by atoms with Crippen LogP contribution in [0.3, 0.4) is 0 Å². The highest BCUT2D eigenvalue weighted by Crippen LogP contribution is 2.37. The summed E-state index contributed by atoms with van der Waals surface area (Å²) in [6.45, 7) is 4.54. The second-order valence-electron chi connectivity index (χ2n) is 7.13. The lowest BCUT2D eigenvalue weighted by atomic mass is 10.1. The zero-order valence-electron chi connectivity index (χ0n) is 17.4. The molecule has 2 rings (SSSR count). The van der Waals surface area contributed by atoms with E-state index in [0.29, 0.717) is 12.3 Å². The summed E-state index contributed by atoms with van der Waals surface area (Å²) in [6, 6.07) is 7.55. The summed E-state index contributed by atoms with van der Waals surface area (Å²) in [4.78, 5) is 9.28. The zero-order valence-corrected chi connectivity index (χ0v) is 17.4. The Balaban J connectivity index is 2.27. The van der Waals surface area contributed by atoms with Crippen molar-refractivity contribution in [2.75, 3.05) is 18.6 Å². The van der Waals surface area contributed by atoms with Crippen LogP contribution < -0.4 is 9.64 Å². The molecule has 1 aromatic carbocycles. The Labute approximate surface area is 171 Å². The van der Waals surface area contributed by atoms with Crippen molar-refractivity contribution in [1.29, 1.82) is 0 Å². The molecular formula is C22H30F3N3O. The topological polar surface area (TPSA) is 38.2 Å². The number of anilines is 2. The standard InChI is InChI=1S/C22H30F3N3O/c1-4-6-8-9-11-17-12-10-13-18(15-17)28(3)20-19(22(23,24)25)16-26-21(27-20)29-14-7-5-2/h10,12-13,15-16H,4-9,11,14H2,1-3H3. The molecule has 0 bridgehead atoms. The molecule has 2 aromatic rings. The van der Waals surface area contributed by atoms with E-state index in [1.54, 1.807) is 13.1 Å². The van der Waals surface area contributed by atoms with Crippen molar-refractivity contribution in [1.82, 2.24) is 9.97 Å². The van der Waals surface area contributed by atoms with Crippen LogP contribution in [0, 0.1) is 0 Å². The van der Waals surface area contributed by atoms with Gasteiger partial charge in [-0.25, -0.2) is 4.98 Å². The van der Waals surface area contributed by atoms with Crippen molar-refractivity contribution >= 4 is 11.5 Å². The normalized spacial score (nSPS) is 11.5. The predicted octanol–water partition coefficient (Wildman–Crippen LogP) is 6.57. The van der Waals surface area contributed by atoms with Crippen LogP contribution in [0.1, 0.15) is 63.5 Å². The van der Waals surface area contributed by atoms with E-state index in [-0.39, 0.29) is 11.8 Å². The second kappa shape index (κ2) is 11.0. The number of hydrogen-bond donors (Lipinski definition) is 0. The summed E-state index contributed by atoms with van der Waals surface area (Å²) < 4.78 is 46.0. The Bertz CT molecular complexity index is 765. The lowest BCUT2D eigenvalue weighted by Gasteiger charge is -2.23. The number of halogens is 3. The van der Waals surface area contributed by atoms with Gasteiger partial charge in [-0.15, -0.1) is 0 Å². The number of aromatic nitrogens is 2. The van der Waals surface area contributed by atoms with Crippen molar-refractivity contribution in [3.8, 4) is 6.01 Å². The van der Waals surface area contributed by atoms with Crippen molar-refractivity contribution in [2.45, 2.75) is 65.0 Å². The van der Waals surface area contributed by atoms with Crippen LogP contribution in [-0.2, 0) is 12.6 Å². The third kappa shape index (κ3) is 6.91. The van der Waals surface area contributed by atoms with E-state index in [1.807, 2.05) is 25.1 Å². The van der Waals surface area contributed by atoms with Crippen LogP contribution in [0.5, 0.6) is 6.01 Å². The van der Waals surface area contributed by atoms with Crippen molar-refractivity contribution in [2.24, 2.45) is 0 Å². The van der Waals surface area contributed by atoms with Gasteiger partial charge in [0.05, 0.1) is 6.61 Å². The van der Waals surface area contributed by atoms with Gasteiger partial charge in [0.25, 0.3) is 0 Å². The first-order valence-electron chi connectivity index (χ1n) is 10.3. The first-order valence-corrected chi connectivity index (χ1v) is 10.3. The van der Waals surface area contributed by atoms with Gasteiger partial charge in [-0.3, -0.25) is 0 Å². The lowest BCUT2D eigenvalue weighted by molar-refractivity contribution is -0.137. The fourth-order valence-corrected chi connectivity index (χ4v) is 2.99.